The van der Waals surface area contributed by atoms with E-state index in [1.54, 1.807) is 13.0 Å². The maximum absolute atomic E-state index is 15.1. The summed E-state index contributed by atoms with van der Waals surface area (Å²) in [4.78, 5) is 11.1. The summed E-state index contributed by atoms with van der Waals surface area (Å²) in [6, 6.07) is 0. The number of carbonyl (C=O) groups excluding carboxylic acids is 1. The Kier molecular flexibility index (Phi) is 9.31. The lowest BCUT2D eigenvalue weighted by molar-refractivity contribution is -0.244. The molecule has 0 amide bonds. The van der Waals surface area contributed by atoms with Crippen molar-refractivity contribution in [2.45, 2.75) is 89.1 Å². The van der Waals surface area contributed by atoms with Crippen LogP contribution in [0.1, 0.15) is 52.4 Å². The number of allylic oxidation sites excluding steroid dienone is 1. The summed E-state index contributed by atoms with van der Waals surface area (Å²) < 4.78 is 66.2. The largest absolute Gasteiger partial charge is 0.469 e. The van der Waals surface area contributed by atoms with Crippen LogP contribution in [0.25, 0.3) is 0 Å². The van der Waals surface area contributed by atoms with E-state index in [1.807, 2.05) is 0 Å². The van der Waals surface area contributed by atoms with Crippen LogP contribution in [0.3, 0.4) is 0 Å². The number of methoxy groups -OCH3 is 1. The van der Waals surface area contributed by atoms with E-state index in [0.29, 0.717) is 19.3 Å². The smallest absolute Gasteiger partial charge is 0.397 e. The van der Waals surface area contributed by atoms with E-state index < -0.39 is 54.0 Å². The molecule has 2 fully saturated rings. The lowest BCUT2D eigenvalue weighted by Gasteiger charge is -2.35. The van der Waals surface area contributed by atoms with Gasteiger partial charge in [0.2, 0.25) is 0 Å². The number of hydrogen-bond donors (Lipinski definition) is 2. The third-order valence-corrected chi connectivity index (χ3v) is 6.74. The van der Waals surface area contributed by atoms with Crippen LogP contribution < -0.4 is 0 Å². The Morgan fingerprint density at radius 3 is 2.59 bits per heavy atom. The summed E-state index contributed by atoms with van der Waals surface area (Å²) in [5.74, 6) is -1.87. The first-order chi connectivity index (χ1) is 15.0. The van der Waals surface area contributed by atoms with Gasteiger partial charge >= 0.3 is 12.1 Å². The highest BCUT2D eigenvalue weighted by molar-refractivity contribution is 5.69. The minimum Gasteiger partial charge on any atom is -0.469 e. The molecule has 0 aromatic heterocycles. The molecular weight excluding hydrogens is 432 g/mol. The molecule has 2 rings (SSSR count). The molecule has 1 aliphatic heterocycles. The number of rotatable bonds is 10. The second kappa shape index (κ2) is 11.1. The van der Waals surface area contributed by atoms with Gasteiger partial charge in [0, 0.05) is 24.7 Å². The average molecular weight is 467 g/mol. The van der Waals surface area contributed by atoms with Crippen molar-refractivity contribution in [3.05, 3.63) is 24.3 Å². The summed E-state index contributed by atoms with van der Waals surface area (Å²) in [6.45, 7) is 2.76. The van der Waals surface area contributed by atoms with Crippen molar-refractivity contribution in [1.82, 2.24) is 0 Å². The number of aliphatic hydroxyl groups excluding tert-OH is 2. The van der Waals surface area contributed by atoms with E-state index in [2.05, 4.69) is 4.74 Å². The molecule has 0 bridgehead atoms. The van der Waals surface area contributed by atoms with Gasteiger partial charge in [-0.2, -0.15) is 13.2 Å². The van der Waals surface area contributed by atoms with Gasteiger partial charge in [-0.05, 0) is 19.8 Å². The first-order valence-corrected chi connectivity index (χ1v) is 11.1. The van der Waals surface area contributed by atoms with Crippen molar-refractivity contribution in [1.29, 1.82) is 0 Å². The van der Waals surface area contributed by atoms with Crippen LogP contribution in [0.2, 0.25) is 0 Å². The lowest BCUT2D eigenvalue weighted by atomic mass is 9.77. The van der Waals surface area contributed by atoms with Crippen LogP contribution in [0.4, 0.5) is 17.6 Å². The lowest BCUT2D eigenvalue weighted by Crippen LogP contribution is -2.44. The number of unbranched alkanes of at least 4 members (excludes halogenated alkanes) is 1. The zero-order chi connectivity index (χ0) is 24.1. The Morgan fingerprint density at radius 2 is 2.00 bits per heavy atom. The fourth-order valence-corrected chi connectivity index (χ4v) is 4.51. The topological polar surface area (TPSA) is 76.0 Å². The summed E-state index contributed by atoms with van der Waals surface area (Å²) in [7, 11) is 1.28. The minimum atomic E-state index is -4.61. The molecule has 2 unspecified atom stereocenters. The number of ether oxygens (including phenoxy) is 2. The molecule has 184 valence electrons. The first kappa shape index (κ1) is 26.8. The summed E-state index contributed by atoms with van der Waals surface area (Å²) >= 11 is 0. The number of halogens is 4. The van der Waals surface area contributed by atoms with Crippen molar-refractivity contribution < 1.29 is 42.0 Å². The van der Waals surface area contributed by atoms with E-state index in [1.165, 1.54) is 19.3 Å². The molecule has 0 aromatic carbocycles. The fraction of sp³-hybridized carbons (Fsp3) is 0.783. The minimum absolute atomic E-state index is 0.154. The quantitative estimate of drug-likeness (QED) is 0.286. The van der Waals surface area contributed by atoms with Crippen molar-refractivity contribution in [3.63, 3.8) is 0 Å². The highest BCUT2D eigenvalue weighted by Gasteiger charge is 2.56. The molecule has 5 nitrogen and oxygen atoms in total. The van der Waals surface area contributed by atoms with Crippen molar-refractivity contribution in [3.8, 4) is 0 Å². The van der Waals surface area contributed by atoms with Gasteiger partial charge in [-0.1, -0.05) is 44.1 Å². The fourth-order valence-electron chi connectivity index (χ4n) is 4.51. The third kappa shape index (κ3) is 5.91. The predicted molar refractivity (Wildman–Crippen MR) is 110 cm³/mol. The van der Waals surface area contributed by atoms with Gasteiger partial charge in [0.05, 0.1) is 30.8 Å². The van der Waals surface area contributed by atoms with E-state index in [-0.39, 0.29) is 25.2 Å². The first-order valence-electron chi connectivity index (χ1n) is 11.1. The molecule has 1 saturated heterocycles. The molecule has 32 heavy (non-hydrogen) atoms. The summed E-state index contributed by atoms with van der Waals surface area (Å²) in [6.07, 6.45) is -3.46. The molecule has 8 atom stereocenters. The Balaban J connectivity index is 2.07. The van der Waals surface area contributed by atoms with E-state index in [4.69, 9.17) is 4.74 Å². The molecule has 1 aliphatic carbocycles. The zero-order valence-electron chi connectivity index (χ0n) is 18.7. The molecule has 1 saturated carbocycles. The number of hydrogen-bond acceptors (Lipinski definition) is 5. The summed E-state index contributed by atoms with van der Waals surface area (Å²) in [5, 5.41) is 20.7. The van der Waals surface area contributed by atoms with Gasteiger partial charge in [0.25, 0.3) is 0 Å². The molecule has 0 spiro atoms. The van der Waals surface area contributed by atoms with Crippen LogP contribution in [-0.2, 0) is 14.3 Å². The molecule has 0 radical (unpaired) electrons. The van der Waals surface area contributed by atoms with Crippen LogP contribution in [0.15, 0.2) is 24.3 Å². The second-order valence-corrected chi connectivity index (χ2v) is 8.93. The van der Waals surface area contributed by atoms with Gasteiger partial charge in [-0.3, -0.25) is 4.79 Å². The maximum atomic E-state index is 15.1. The highest BCUT2D eigenvalue weighted by atomic mass is 19.4. The van der Waals surface area contributed by atoms with E-state index in [0.717, 1.165) is 13.0 Å². The molecule has 0 aromatic rings. The Bertz CT molecular complexity index is 680. The molecule has 1 heterocycles. The van der Waals surface area contributed by atoms with Gasteiger partial charge in [-0.15, -0.1) is 0 Å². The Morgan fingerprint density at radius 1 is 1.31 bits per heavy atom. The van der Waals surface area contributed by atoms with Gasteiger partial charge in [-0.25, -0.2) is 4.39 Å². The summed E-state index contributed by atoms with van der Waals surface area (Å²) in [5.41, 5.74) is -2.32. The maximum Gasteiger partial charge on any atom is 0.397 e. The molecule has 9 heteroatoms. The number of aliphatic hydroxyl groups is 2. The van der Waals surface area contributed by atoms with Crippen LogP contribution in [-0.4, -0.2) is 60.1 Å². The Hall–Kier alpha value is -1.45. The highest BCUT2D eigenvalue weighted by Crippen LogP contribution is 2.48. The van der Waals surface area contributed by atoms with Crippen LogP contribution in [0.5, 0.6) is 0 Å². The van der Waals surface area contributed by atoms with Crippen molar-refractivity contribution in [2.24, 2.45) is 17.3 Å². The average Bonchev–Trinajstić information content (AvgIpc) is 3.20. The number of fused-ring (bicyclic) bond motifs is 1. The van der Waals surface area contributed by atoms with Crippen molar-refractivity contribution in [2.75, 3.05) is 7.11 Å². The number of esters is 1. The number of carbonyl (C=O) groups is 1. The van der Waals surface area contributed by atoms with Gasteiger partial charge in [0.15, 0.2) is 0 Å². The normalized spacial score (nSPS) is 33.5. The molecular formula is C23H34F4O5. The third-order valence-electron chi connectivity index (χ3n) is 6.74. The van der Waals surface area contributed by atoms with Crippen LogP contribution in [0, 0.1) is 17.3 Å². The number of alkyl halides is 4. The van der Waals surface area contributed by atoms with Gasteiger partial charge < -0.3 is 19.7 Å². The van der Waals surface area contributed by atoms with Crippen LogP contribution >= 0.6 is 0 Å². The van der Waals surface area contributed by atoms with E-state index in [9.17, 15) is 28.2 Å². The Labute approximate surface area is 186 Å². The molecule has 2 aliphatic rings. The SMILES string of the molecule is CCCCC(C)([C@H](O)/C=C/[C@@H]1[C@H]2C(F)[C@@H](/C=C/CCC(=O)OC)O[C@@H]2C[C@H]1O)C(F)(F)F. The van der Waals surface area contributed by atoms with Gasteiger partial charge in [0.1, 0.15) is 12.3 Å². The zero-order valence-corrected chi connectivity index (χ0v) is 18.7. The van der Waals surface area contributed by atoms with Crippen molar-refractivity contribution >= 4 is 5.97 Å². The van der Waals surface area contributed by atoms with E-state index >= 15 is 4.39 Å². The standard InChI is InChI=1S/C23H34F4O5/c1-4-5-12-22(2,23(25,26)27)18(29)11-10-14-15(28)13-17-20(14)21(24)16(32-17)8-6-7-9-19(30)31-3/h6,8,10-11,14-18,20-21,28-29H,4-5,7,9,12-13H2,1-3H3/b8-6+,11-10+/t14-,15+,16+,17+,18+,20+,21?,22?/m0/s1. The monoisotopic (exact) mass is 466 g/mol. The second-order valence-electron chi connectivity index (χ2n) is 8.93. The predicted octanol–water partition coefficient (Wildman–Crippen LogP) is 4.27. The molecule has 2 N–H and O–H groups in total.